The first-order valence-electron chi connectivity index (χ1n) is 17.2. The van der Waals surface area contributed by atoms with E-state index in [9.17, 15) is 0 Å². The second-order valence-electron chi connectivity index (χ2n) is 11.2. The molecule has 13 heteroatoms. The van der Waals surface area contributed by atoms with Crippen molar-refractivity contribution in [2.75, 3.05) is 39.6 Å². The zero-order valence-corrected chi connectivity index (χ0v) is 33.0. The van der Waals surface area contributed by atoms with Gasteiger partial charge < -0.3 is 0 Å². The molecule has 0 rings (SSSR count). The van der Waals surface area contributed by atoms with E-state index < -0.39 is 36.2 Å². The fraction of sp³-hybridized carbons (Fsp3) is 1.00. The Labute approximate surface area is 272 Å². The van der Waals surface area contributed by atoms with Gasteiger partial charge in [-0.2, -0.15) is 0 Å². The molecule has 0 aromatic carbocycles. The molecule has 0 amide bonds. The van der Waals surface area contributed by atoms with Gasteiger partial charge in [-0.1, -0.05) is 0 Å². The van der Waals surface area contributed by atoms with Crippen molar-refractivity contribution in [1.29, 1.82) is 0 Å². The average Bonchev–Trinajstić information content (AvgIpc) is 2.93. The quantitative estimate of drug-likeness (QED) is 0.0505. The van der Waals surface area contributed by atoms with Crippen LogP contribution in [0.3, 0.4) is 0 Å². The monoisotopic (exact) mass is 692 g/mol. The SMILES string of the molecule is CCCCO[Si](OCCCC)(OCCCC)[O][Ti]([O]C(C)C)([O]C(C)C)[O][Si](OCCCC)(OCCCC)OCCCC. The Morgan fingerprint density at radius 2 is 0.605 bits per heavy atom. The van der Waals surface area contributed by atoms with Gasteiger partial charge in [0.15, 0.2) is 0 Å². The number of hydrogen-bond acceptors (Lipinski definition) is 10. The Hall–Kier alpha value is 0.748. The number of hydrogen-bond donors (Lipinski definition) is 0. The third kappa shape index (κ3) is 20.6. The molecule has 0 bridgehead atoms. The van der Waals surface area contributed by atoms with Crippen LogP contribution in [0.4, 0.5) is 0 Å². The predicted octanol–water partition coefficient (Wildman–Crippen LogP) is 8.45. The first kappa shape index (κ1) is 43.7. The van der Waals surface area contributed by atoms with Crippen LogP contribution in [0.5, 0.6) is 0 Å². The summed E-state index contributed by atoms with van der Waals surface area (Å²) in [5.74, 6) is 0. The van der Waals surface area contributed by atoms with E-state index in [-0.39, 0.29) is 12.2 Å². The van der Waals surface area contributed by atoms with Crippen LogP contribution in [0.2, 0.25) is 0 Å². The average molecular weight is 693 g/mol. The number of rotatable bonds is 32. The zero-order chi connectivity index (χ0) is 32.5. The summed E-state index contributed by atoms with van der Waals surface area (Å²) in [4.78, 5) is 0. The summed E-state index contributed by atoms with van der Waals surface area (Å²) < 4.78 is 65.9. The Bertz CT molecular complexity index is 529. The van der Waals surface area contributed by atoms with E-state index >= 15 is 0 Å². The third-order valence-electron chi connectivity index (χ3n) is 5.92. The normalized spacial score (nSPS) is 13.1. The Balaban J connectivity index is 6.99. The van der Waals surface area contributed by atoms with Gasteiger partial charge in [0, 0.05) is 0 Å². The Morgan fingerprint density at radius 1 is 0.395 bits per heavy atom. The first-order valence-corrected chi connectivity index (χ1v) is 23.0. The van der Waals surface area contributed by atoms with E-state index in [1.165, 1.54) is 0 Å². The second-order valence-corrected chi connectivity index (χ2v) is 19.6. The molecule has 0 radical (unpaired) electrons. The van der Waals surface area contributed by atoms with Crippen LogP contribution in [0.25, 0.3) is 0 Å². The van der Waals surface area contributed by atoms with Gasteiger partial charge in [-0.15, -0.1) is 0 Å². The van der Waals surface area contributed by atoms with Crippen molar-refractivity contribution in [3.63, 3.8) is 0 Å². The Kier molecular flexibility index (Phi) is 27.2. The summed E-state index contributed by atoms with van der Waals surface area (Å²) in [6.07, 6.45) is 10.2. The van der Waals surface area contributed by atoms with E-state index in [1.54, 1.807) is 0 Å². The third-order valence-corrected chi connectivity index (χ3v) is 17.3. The van der Waals surface area contributed by atoms with Crippen LogP contribution in [0.1, 0.15) is 146 Å². The molecule has 0 unspecified atom stereocenters. The summed E-state index contributed by atoms with van der Waals surface area (Å²) >= 11 is -4.90. The van der Waals surface area contributed by atoms with Crippen molar-refractivity contribution in [2.45, 2.75) is 158 Å². The molecule has 0 aliphatic carbocycles. The van der Waals surface area contributed by atoms with Crippen LogP contribution < -0.4 is 0 Å². The van der Waals surface area contributed by atoms with Crippen LogP contribution in [0.15, 0.2) is 0 Å². The molecule has 0 spiro atoms. The van der Waals surface area contributed by atoms with Gasteiger partial charge >= 0.3 is 274 Å². The molecule has 260 valence electrons. The van der Waals surface area contributed by atoms with Gasteiger partial charge in [0.2, 0.25) is 0 Å². The molecule has 0 heterocycles. The van der Waals surface area contributed by atoms with Gasteiger partial charge in [-0.05, 0) is 0 Å². The second kappa shape index (κ2) is 26.8. The molecule has 10 nitrogen and oxygen atoms in total. The first-order chi connectivity index (χ1) is 20.6. The molecular formula is C30H68O10Si2Ti. The van der Waals surface area contributed by atoms with E-state index in [0.717, 1.165) is 77.0 Å². The molecule has 0 aliphatic heterocycles. The van der Waals surface area contributed by atoms with Crippen molar-refractivity contribution in [3.05, 3.63) is 0 Å². The summed E-state index contributed by atoms with van der Waals surface area (Å²) in [7, 11) is -7.65. The molecule has 0 aromatic heterocycles. The number of unbranched alkanes of at least 4 members (excludes halogenated alkanes) is 6. The van der Waals surface area contributed by atoms with Crippen LogP contribution in [-0.4, -0.2) is 69.9 Å². The van der Waals surface area contributed by atoms with Crippen molar-refractivity contribution in [1.82, 2.24) is 0 Å². The molecular weight excluding hydrogens is 624 g/mol. The minimum absolute atomic E-state index is 0.291. The summed E-state index contributed by atoms with van der Waals surface area (Å²) in [5, 5.41) is 0. The van der Waals surface area contributed by atoms with Gasteiger partial charge in [0.25, 0.3) is 0 Å². The van der Waals surface area contributed by atoms with Crippen LogP contribution in [0, 0.1) is 0 Å². The topological polar surface area (TPSA) is 92.3 Å². The van der Waals surface area contributed by atoms with Crippen molar-refractivity contribution >= 4 is 18.1 Å². The van der Waals surface area contributed by atoms with Gasteiger partial charge in [0.1, 0.15) is 0 Å². The van der Waals surface area contributed by atoms with E-state index in [2.05, 4.69) is 41.5 Å². The Morgan fingerprint density at radius 3 is 0.767 bits per heavy atom. The molecule has 0 saturated heterocycles. The molecule has 43 heavy (non-hydrogen) atoms. The molecule has 0 aromatic rings. The molecule has 0 saturated carbocycles. The van der Waals surface area contributed by atoms with Crippen LogP contribution in [-0.2, 0) is 57.3 Å². The standard InChI is InChI=1S/2C12H27O4Si.2C3H7O.Ti/c2*1-4-7-10-14-17(13,15-11-8-5-2)16-12-9-6-3;2*1-3(2)4;/h2*4-12H2,1-3H3;2*3H,1-2H3;/q4*-1;+4. The summed E-state index contributed by atoms with van der Waals surface area (Å²) in [5.41, 5.74) is 0. The van der Waals surface area contributed by atoms with Crippen molar-refractivity contribution < 1.29 is 57.3 Å². The summed E-state index contributed by atoms with van der Waals surface area (Å²) in [6.45, 7) is 23.0. The summed E-state index contributed by atoms with van der Waals surface area (Å²) in [6, 6.07) is 0. The zero-order valence-electron chi connectivity index (χ0n) is 29.5. The van der Waals surface area contributed by atoms with Gasteiger partial charge in [0.05, 0.1) is 0 Å². The molecule has 0 fully saturated rings. The van der Waals surface area contributed by atoms with Crippen molar-refractivity contribution in [3.8, 4) is 0 Å². The van der Waals surface area contributed by atoms with E-state index in [4.69, 9.17) is 39.2 Å². The maximum atomic E-state index is 6.95. The maximum absolute atomic E-state index is 6.95. The molecule has 0 N–H and O–H groups in total. The fourth-order valence-electron chi connectivity index (χ4n) is 3.50. The van der Waals surface area contributed by atoms with Crippen molar-refractivity contribution in [2.24, 2.45) is 0 Å². The van der Waals surface area contributed by atoms with Crippen LogP contribution >= 0.6 is 0 Å². The fourth-order valence-corrected chi connectivity index (χ4v) is 15.6. The van der Waals surface area contributed by atoms with E-state index in [1.807, 2.05) is 27.7 Å². The van der Waals surface area contributed by atoms with Gasteiger partial charge in [-0.25, -0.2) is 0 Å². The molecule has 0 atom stereocenters. The minimum atomic E-state index is -4.90. The predicted molar refractivity (Wildman–Crippen MR) is 171 cm³/mol. The molecule has 0 aliphatic rings. The van der Waals surface area contributed by atoms with E-state index in [0.29, 0.717) is 39.6 Å². The van der Waals surface area contributed by atoms with Gasteiger partial charge in [-0.3, -0.25) is 0 Å².